The number of hydrogen-bond donors (Lipinski definition) is 0. The SMILES string of the molecule is O=C1SC(c2ccc(Cl)cc2)c2sc(=O)n(-c3ccccc3)c2N1c1ccccc1. The van der Waals surface area contributed by atoms with Crippen molar-refractivity contribution in [3.05, 3.63) is 110 Å². The minimum absolute atomic E-state index is 0.124. The van der Waals surface area contributed by atoms with Gasteiger partial charge in [-0.3, -0.25) is 19.1 Å². The second-order valence-corrected chi connectivity index (χ2v) is 9.20. The van der Waals surface area contributed by atoms with Gasteiger partial charge in [0.1, 0.15) is 5.82 Å². The van der Waals surface area contributed by atoms with Crippen molar-refractivity contribution in [1.29, 1.82) is 0 Å². The number of benzene rings is 3. The molecule has 30 heavy (non-hydrogen) atoms. The van der Waals surface area contributed by atoms with Crippen molar-refractivity contribution in [2.24, 2.45) is 0 Å². The smallest absolute Gasteiger partial charge is 0.261 e. The van der Waals surface area contributed by atoms with E-state index >= 15 is 0 Å². The first-order chi connectivity index (χ1) is 14.6. The van der Waals surface area contributed by atoms with E-state index in [1.54, 1.807) is 9.47 Å². The summed E-state index contributed by atoms with van der Waals surface area (Å²) >= 11 is 8.45. The first kappa shape index (κ1) is 19.2. The topological polar surface area (TPSA) is 42.3 Å². The summed E-state index contributed by atoms with van der Waals surface area (Å²) in [4.78, 5) is 28.8. The first-order valence-corrected chi connectivity index (χ1v) is 11.3. The maximum Gasteiger partial charge on any atom is 0.313 e. The highest BCUT2D eigenvalue weighted by molar-refractivity contribution is 8.14. The van der Waals surface area contributed by atoms with Gasteiger partial charge in [0.2, 0.25) is 0 Å². The molecule has 4 nitrogen and oxygen atoms in total. The highest BCUT2D eigenvalue weighted by Crippen LogP contribution is 2.50. The number of anilines is 2. The lowest BCUT2D eigenvalue weighted by Crippen LogP contribution is -2.30. The van der Waals surface area contributed by atoms with E-state index in [1.807, 2.05) is 84.9 Å². The van der Waals surface area contributed by atoms with Gasteiger partial charge < -0.3 is 0 Å². The second kappa shape index (κ2) is 7.80. The number of hydrogen-bond acceptors (Lipinski definition) is 4. The van der Waals surface area contributed by atoms with E-state index in [0.29, 0.717) is 10.8 Å². The Kier molecular flexibility index (Phi) is 4.98. The molecule has 1 amide bonds. The molecular weight excluding hydrogens is 436 g/mol. The fourth-order valence-electron chi connectivity index (χ4n) is 3.52. The summed E-state index contributed by atoms with van der Waals surface area (Å²) in [6.07, 6.45) is 0. The summed E-state index contributed by atoms with van der Waals surface area (Å²) in [5.41, 5.74) is 2.40. The maximum absolute atomic E-state index is 13.4. The number of thiazole rings is 1. The van der Waals surface area contributed by atoms with E-state index in [4.69, 9.17) is 11.6 Å². The third-order valence-electron chi connectivity index (χ3n) is 4.86. The number of para-hydroxylation sites is 2. The third kappa shape index (κ3) is 3.27. The highest BCUT2D eigenvalue weighted by atomic mass is 35.5. The molecule has 5 rings (SSSR count). The molecule has 3 aromatic carbocycles. The van der Waals surface area contributed by atoms with Crippen molar-refractivity contribution < 1.29 is 4.79 Å². The van der Waals surface area contributed by atoms with Crippen molar-refractivity contribution in [2.45, 2.75) is 5.25 Å². The van der Waals surface area contributed by atoms with E-state index < -0.39 is 0 Å². The van der Waals surface area contributed by atoms with Crippen LogP contribution in [0.3, 0.4) is 0 Å². The van der Waals surface area contributed by atoms with Crippen LogP contribution in [0.1, 0.15) is 15.7 Å². The molecule has 1 aromatic heterocycles. The lowest BCUT2D eigenvalue weighted by atomic mass is 10.1. The van der Waals surface area contributed by atoms with Crippen LogP contribution < -0.4 is 9.77 Å². The fraction of sp³-hybridized carbons (Fsp3) is 0.0435. The van der Waals surface area contributed by atoms with Gasteiger partial charge >= 0.3 is 4.87 Å². The Morgan fingerprint density at radius 1 is 0.767 bits per heavy atom. The Morgan fingerprint density at radius 2 is 1.37 bits per heavy atom. The van der Waals surface area contributed by atoms with Crippen LogP contribution >= 0.6 is 34.7 Å². The number of carbonyl (C=O) groups is 1. The molecule has 0 radical (unpaired) electrons. The van der Waals surface area contributed by atoms with Gasteiger partial charge in [0.25, 0.3) is 5.24 Å². The van der Waals surface area contributed by atoms with Crippen LogP contribution in [0.2, 0.25) is 5.02 Å². The largest absolute Gasteiger partial charge is 0.313 e. The van der Waals surface area contributed by atoms with Crippen LogP contribution in [0.5, 0.6) is 0 Å². The minimum Gasteiger partial charge on any atom is -0.261 e. The number of nitrogens with zero attached hydrogens (tertiary/aromatic N) is 2. The summed E-state index contributed by atoms with van der Waals surface area (Å²) < 4.78 is 1.63. The Morgan fingerprint density at radius 3 is 2.00 bits per heavy atom. The first-order valence-electron chi connectivity index (χ1n) is 9.26. The molecule has 0 saturated heterocycles. The zero-order valence-corrected chi connectivity index (χ0v) is 18.0. The van der Waals surface area contributed by atoms with Gasteiger partial charge in [-0.05, 0) is 53.7 Å². The normalized spacial score (nSPS) is 15.8. The number of thioether (sulfide) groups is 1. The Hall–Kier alpha value is -2.80. The predicted octanol–water partition coefficient (Wildman–Crippen LogP) is 6.65. The van der Waals surface area contributed by atoms with Crippen LogP contribution in [-0.4, -0.2) is 9.81 Å². The lowest BCUT2D eigenvalue weighted by Gasteiger charge is -2.32. The molecule has 2 heterocycles. The molecule has 0 fully saturated rings. The molecule has 1 aliphatic rings. The predicted molar refractivity (Wildman–Crippen MR) is 125 cm³/mol. The summed E-state index contributed by atoms with van der Waals surface area (Å²) in [7, 11) is 0. The van der Waals surface area contributed by atoms with Crippen molar-refractivity contribution in [1.82, 2.24) is 4.57 Å². The molecule has 0 aliphatic carbocycles. The molecule has 148 valence electrons. The highest BCUT2D eigenvalue weighted by Gasteiger charge is 2.39. The van der Waals surface area contributed by atoms with Gasteiger partial charge in [0.15, 0.2) is 0 Å². The molecular formula is C23H15ClN2O2S2. The van der Waals surface area contributed by atoms with Crippen LogP contribution in [0.4, 0.5) is 16.3 Å². The lowest BCUT2D eigenvalue weighted by molar-refractivity contribution is 0.266. The van der Waals surface area contributed by atoms with Gasteiger partial charge in [0, 0.05) is 5.02 Å². The summed E-state index contributed by atoms with van der Waals surface area (Å²) in [6, 6.07) is 26.3. The van der Waals surface area contributed by atoms with E-state index in [1.165, 1.54) is 23.1 Å². The summed E-state index contributed by atoms with van der Waals surface area (Å²) in [6.45, 7) is 0. The van der Waals surface area contributed by atoms with E-state index in [2.05, 4.69) is 0 Å². The average molecular weight is 451 g/mol. The van der Waals surface area contributed by atoms with Gasteiger partial charge in [-0.2, -0.15) is 0 Å². The molecule has 1 aliphatic heterocycles. The van der Waals surface area contributed by atoms with Gasteiger partial charge in [-0.25, -0.2) is 0 Å². The summed E-state index contributed by atoms with van der Waals surface area (Å²) in [5.74, 6) is 0.603. The molecule has 0 N–H and O–H groups in total. The number of halogens is 1. The Labute approximate surface area is 186 Å². The van der Waals surface area contributed by atoms with Gasteiger partial charge in [-0.1, -0.05) is 71.5 Å². The third-order valence-corrected chi connectivity index (χ3v) is 7.39. The fourth-order valence-corrected chi connectivity index (χ4v) is 5.93. The zero-order chi connectivity index (χ0) is 20.7. The number of rotatable bonds is 3. The number of amides is 1. The zero-order valence-electron chi connectivity index (χ0n) is 15.6. The molecule has 0 bridgehead atoms. The molecule has 0 saturated carbocycles. The monoisotopic (exact) mass is 450 g/mol. The van der Waals surface area contributed by atoms with E-state index in [0.717, 1.165) is 21.8 Å². The van der Waals surface area contributed by atoms with Crippen molar-refractivity contribution in [3.8, 4) is 5.69 Å². The summed E-state index contributed by atoms with van der Waals surface area (Å²) in [5, 5.41) is 0.232. The Balaban J connectivity index is 1.77. The van der Waals surface area contributed by atoms with Crippen LogP contribution in [0, 0.1) is 0 Å². The number of carbonyl (C=O) groups excluding carboxylic acids is 1. The van der Waals surface area contributed by atoms with Crippen LogP contribution in [0.15, 0.2) is 89.7 Å². The van der Waals surface area contributed by atoms with Gasteiger partial charge in [-0.15, -0.1) is 0 Å². The van der Waals surface area contributed by atoms with Crippen LogP contribution in [0.25, 0.3) is 5.69 Å². The maximum atomic E-state index is 13.4. The van der Waals surface area contributed by atoms with Gasteiger partial charge in [0.05, 0.1) is 21.5 Å². The molecule has 7 heteroatoms. The molecule has 0 spiro atoms. The van der Waals surface area contributed by atoms with Crippen molar-refractivity contribution >= 4 is 51.4 Å². The van der Waals surface area contributed by atoms with Crippen LogP contribution in [-0.2, 0) is 0 Å². The average Bonchev–Trinajstić information content (AvgIpc) is 3.11. The minimum atomic E-state index is -0.271. The van der Waals surface area contributed by atoms with Crippen molar-refractivity contribution in [3.63, 3.8) is 0 Å². The Bertz CT molecular complexity index is 1270. The number of fused-ring (bicyclic) bond motifs is 1. The quantitative estimate of drug-likeness (QED) is 0.351. The van der Waals surface area contributed by atoms with E-state index in [9.17, 15) is 9.59 Å². The molecule has 4 aromatic rings. The second-order valence-electron chi connectivity index (χ2n) is 6.71. The van der Waals surface area contributed by atoms with Crippen molar-refractivity contribution in [2.75, 3.05) is 4.90 Å². The van der Waals surface area contributed by atoms with E-state index in [-0.39, 0.29) is 15.4 Å². The number of aromatic nitrogens is 1. The molecule has 1 unspecified atom stereocenters. The standard InChI is InChI=1S/C23H15ClN2O2S2/c24-16-13-11-15(12-14-16)19-20-21(25(22(27)29-19)17-7-3-1-4-8-17)26(23(28)30-20)18-9-5-2-6-10-18/h1-14,19H. The molecule has 1 atom stereocenters.